The third kappa shape index (κ3) is 9.06. The highest BCUT2D eigenvalue weighted by Gasteiger charge is 2.30. The van der Waals surface area contributed by atoms with Crippen LogP contribution in [0.2, 0.25) is 0 Å². The molecule has 2 aromatic carbocycles. The predicted molar refractivity (Wildman–Crippen MR) is 127 cm³/mol. The Morgan fingerprint density at radius 1 is 0.722 bits per heavy atom. The number of phenolic OH excluding ortho intramolecular Hbond substituents is 1. The molecule has 8 N–H and O–H groups in total. The zero-order valence-electron chi connectivity index (χ0n) is 19.2. The number of rotatable bonds is 13. The van der Waals surface area contributed by atoms with Crippen molar-refractivity contribution < 1.29 is 39.3 Å². The number of carboxylic acids is 2. The molecule has 0 bridgehead atoms. The second kappa shape index (κ2) is 13.4. The molecule has 12 nitrogen and oxygen atoms in total. The molecule has 0 heterocycles. The first kappa shape index (κ1) is 27.8. The summed E-state index contributed by atoms with van der Waals surface area (Å²) in [6, 6.07) is 10.2. The number of hydrogen-bond donors (Lipinski definition) is 7. The second-order valence-electron chi connectivity index (χ2n) is 7.94. The summed E-state index contributed by atoms with van der Waals surface area (Å²) in [4.78, 5) is 60.6. The number of benzene rings is 2. The van der Waals surface area contributed by atoms with Crippen LogP contribution in [0.3, 0.4) is 0 Å². The predicted octanol–water partition coefficient (Wildman–Crippen LogP) is -0.850. The average Bonchev–Trinajstić information content (AvgIpc) is 2.84. The summed E-state index contributed by atoms with van der Waals surface area (Å²) in [7, 11) is 0. The molecule has 12 heteroatoms. The number of nitrogens with one attached hydrogen (secondary N) is 3. The highest BCUT2D eigenvalue weighted by molar-refractivity contribution is 5.95. The maximum atomic E-state index is 13.1. The van der Waals surface area contributed by atoms with E-state index in [4.69, 9.17) is 10.8 Å². The minimum absolute atomic E-state index is 0.0179. The van der Waals surface area contributed by atoms with E-state index in [9.17, 15) is 34.2 Å². The molecule has 0 fully saturated rings. The summed E-state index contributed by atoms with van der Waals surface area (Å²) in [6.45, 7) is -0.486. The normalized spacial score (nSPS) is 13.0. The van der Waals surface area contributed by atoms with E-state index in [1.165, 1.54) is 24.3 Å². The van der Waals surface area contributed by atoms with Crippen LogP contribution in [0.5, 0.6) is 5.75 Å². The summed E-state index contributed by atoms with van der Waals surface area (Å²) < 4.78 is 0. The van der Waals surface area contributed by atoms with Crippen molar-refractivity contribution in [3.8, 4) is 5.75 Å². The van der Waals surface area contributed by atoms with Gasteiger partial charge in [-0.1, -0.05) is 42.5 Å². The summed E-state index contributed by atoms with van der Waals surface area (Å²) in [5, 5.41) is 35.2. The fourth-order valence-electron chi connectivity index (χ4n) is 3.31. The molecule has 2 rings (SSSR count). The Morgan fingerprint density at radius 2 is 1.25 bits per heavy atom. The van der Waals surface area contributed by atoms with Gasteiger partial charge in [-0.05, 0) is 23.3 Å². The first-order valence-corrected chi connectivity index (χ1v) is 11.0. The van der Waals surface area contributed by atoms with E-state index < -0.39 is 60.8 Å². The van der Waals surface area contributed by atoms with Crippen molar-refractivity contribution in [2.45, 2.75) is 37.4 Å². The van der Waals surface area contributed by atoms with Gasteiger partial charge < -0.3 is 37.0 Å². The first-order chi connectivity index (χ1) is 17.1. The van der Waals surface area contributed by atoms with Gasteiger partial charge in [-0.3, -0.25) is 19.2 Å². The molecule has 0 aliphatic rings. The largest absolute Gasteiger partial charge is 0.508 e. The van der Waals surface area contributed by atoms with E-state index in [2.05, 4.69) is 16.0 Å². The maximum absolute atomic E-state index is 13.1. The molecule has 3 unspecified atom stereocenters. The molecule has 0 radical (unpaired) electrons. The van der Waals surface area contributed by atoms with Gasteiger partial charge in [0.15, 0.2) is 0 Å². The van der Waals surface area contributed by atoms with E-state index in [1.807, 2.05) is 0 Å². The monoisotopic (exact) mass is 500 g/mol. The van der Waals surface area contributed by atoms with Crippen LogP contribution in [0.25, 0.3) is 0 Å². The SMILES string of the molecule is NCC(=O)NC(CC(=O)O)C(=O)NC(Cc1ccc(O)cc1)C(=O)NC(Cc1ccccc1)C(=O)O. The van der Waals surface area contributed by atoms with Gasteiger partial charge in [0, 0.05) is 12.8 Å². The Labute approximate surface area is 206 Å². The molecule has 0 spiro atoms. The molecule has 3 amide bonds. The van der Waals surface area contributed by atoms with Crippen LogP contribution in [0.1, 0.15) is 17.5 Å². The smallest absolute Gasteiger partial charge is 0.326 e. The molecule has 2 aromatic rings. The van der Waals surface area contributed by atoms with Gasteiger partial charge >= 0.3 is 11.9 Å². The van der Waals surface area contributed by atoms with E-state index in [0.29, 0.717) is 11.1 Å². The van der Waals surface area contributed by atoms with Crippen LogP contribution in [0.4, 0.5) is 0 Å². The second-order valence-corrected chi connectivity index (χ2v) is 7.94. The van der Waals surface area contributed by atoms with Crippen molar-refractivity contribution in [2.75, 3.05) is 6.54 Å². The van der Waals surface area contributed by atoms with E-state index in [-0.39, 0.29) is 18.6 Å². The van der Waals surface area contributed by atoms with Crippen LogP contribution in [-0.4, -0.2) is 69.7 Å². The molecule has 0 aliphatic carbocycles. The number of carbonyl (C=O) groups is 5. The molecular formula is C24H28N4O8. The maximum Gasteiger partial charge on any atom is 0.326 e. The van der Waals surface area contributed by atoms with Crippen LogP contribution in [-0.2, 0) is 36.8 Å². The Bertz CT molecular complexity index is 1080. The highest BCUT2D eigenvalue weighted by atomic mass is 16.4. The number of carboxylic acid groups (broad SMARTS) is 2. The van der Waals surface area contributed by atoms with Gasteiger partial charge in [0.25, 0.3) is 0 Å². The fourth-order valence-corrected chi connectivity index (χ4v) is 3.31. The number of carbonyl (C=O) groups excluding carboxylic acids is 3. The summed E-state index contributed by atoms with van der Waals surface area (Å²) in [6.07, 6.45) is -0.896. The molecule has 36 heavy (non-hydrogen) atoms. The molecule has 0 saturated carbocycles. The van der Waals surface area contributed by atoms with Crippen molar-refractivity contribution in [1.82, 2.24) is 16.0 Å². The Balaban J connectivity index is 2.26. The van der Waals surface area contributed by atoms with Crippen molar-refractivity contribution in [1.29, 1.82) is 0 Å². The number of nitrogens with two attached hydrogens (primary N) is 1. The van der Waals surface area contributed by atoms with Crippen LogP contribution >= 0.6 is 0 Å². The Morgan fingerprint density at radius 3 is 1.81 bits per heavy atom. The van der Waals surface area contributed by atoms with Crippen molar-refractivity contribution in [3.05, 3.63) is 65.7 Å². The topological polar surface area (TPSA) is 208 Å². The molecule has 192 valence electrons. The molecular weight excluding hydrogens is 472 g/mol. The highest BCUT2D eigenvalue weighted by Crippen LogP contribution is 2.12. The van der Waals surface area contributed by atoms with Crippen molar-refractivity contribution >= 4 is 29.7 Å². The molecule has 0 aromatic heterocycles. The van der Waals surface area contributed by atoms with E-state index in [1.54, 1.807) is 30.3 Å². The van der Waals surface area contributed by atoms with Crippen molar-refractivity contribution in [3.63, 3.8) is 0 Å². The van der Waals surface area contributed by atoms with Crippen LogP contribution < -0.4 is 21.7 Å². The molecule has 3 atom stereocenters. The number of hydrogen-bond acceptors (Lipinski definition) is 7. The summed E-state index contributed by atoms with van der Waals surface area (Å²) in [5.74, 6) is -5.26. The third-order valence-electron chi connectivity index (χ3n) is 5.12. The molecule has 0 aliphatic heterocycles. The van der Waals surface area contributed by atoms with Gasteiger partial charge in [0.2, 0.25) is 17.7 Å². The lowest BCUT2D eigenvalue weighted by atomic mass is 10.0. The standard InChI is InChI=1S/C24H28N4O8/c25-13-20(30)26-18(12-21(31)32)23(34)27-17(10-15-6-8-16(29)9-7-15)22(33)28-19(24(35)36)11-14-4-2-1-3-5-14/h1-9,17-19,29H,10-13,25H2,(H,26,30)(H,27,34)(H,28,33)(H,31,32)(H,35,36). The Kier molecular flexibility index (Phi) is 10.4. The Hall–Kier alpha value is -4.45. The lowest BCUT2D eigenvalue weighted by Crippen LogP contribution is -2.57. The van der Waals surface area contributed by atoms with Gasteiger partial charge in [-0.2, -0.15) is 0 Å². The zero-order valence-corrected chi connectivity index (χ0v) is 19.2. The fraction of sp³-hybridized carbons (Fsp3) is 0.292. The van der Waals surface area contributed by atoms with Crippen molar-refractivity contribution in [2.24, 2.45) is 5.73 Å². The number of aromatic hydroxyl groups is 1. The summed E-state index contributed by atoms with van der Waals surface area (Å²) in [5.41, 5.74) is 6.41. The quantitative estimate of drug-likeness (QED) is 0.182. The van der Waals surface area contributed by atoms with E-state index in [0.717, 1.165) is 0 Å². The van der Waals surface area contributed by atoms with Crippen LogP contribution in [0.15, 0.2) is 54.6 Å². The van der Waals surface area contributed by atoms with E-state index >= 15 is 0 Å². The van der Waals surface area contributed by atoms with Gasteiger partial charge in [-0.25, -0.2) is 4.79 Å². The average molecular weight is 501 g/mol. The number of phenols is 1. The van der Waals surface area contributed by atoms with Gasteiger partial charge in [0.05, 0.1) is 13.0 Å². The first-order valence-electron chi connectivity index (χ1n) is 11.0. The van der Waals surface area contributed by atoms with Gasteiger partial charge in [0.1, 0.15) is 23.9 Å². The molecule has 0 saturated heterocycles. The van der Waals surface area contributed by atoms with Crippen LogP contribution in [0, 0.1) is 0 Å². The number of amides is 3. The van der Waals surface area contributed by atoms with Gasteiger partial charge in [-0.15, -0.1) is 0 Å². The number of aliphatic carboxylic acids is 2. The third-order valence-corrected chi connectivity index (χ3v) is 5.12. The minimum Gasteiger partial charge on any atom is -0.508 e. The lowest BCUT2D eigenvalue weighted by molar-refractivity contribution is -0.143. The lowest BCUT2D eigenvalue weighted by Gasteiger charge is -2.24. The summed E-state index contributed by atoms with van der Waals surface area (Å²) >= 11 is 0. The minimum atomic E-state index is -1.52. The zero-order chi connectivity index (χ0) is 26.7.